The first-order valence-electron chi connectivity index (χ1n) is 23.4. The number of β-amino-alcohol motifs (C(OH)–C–C–N with tert-alkyl or cyclic N) is 1. The van der Waals surface area contributed by atoms with Crippen molar-refractivity contribution >= 4 is 63.7 Å². The number of thiocarbonyl (C=S) groups is 1. The quantitative estimate of drug-likeness (QED) is 0.0598. The van der Waals surface area contributed by atoms with E-state index in [1.54, 1.807) is 65.9 Å². The molecule has 3 aromatic carbocycles. The number of hydrogen-bond acceptors (Lipinski definition) is 12. The van der Waals surface area contributed by atoms with Gasteiger partial charge in [0.05, 0.1) is 58.2 Å². The summed E-state index contributed by atoms with van der Waals surface area (Å²) in [6, 6.07) is 17.5. The molecule has 15 nitrogen and oxygen atoms in total. The predicted molar refractivity (Wildman–Crippen MR) is 269 cm³/mol. The third kappa shape index (κ3) is 13.3. The second-order valence-corrected chi connectivity index (χ2v) is 20.6. The van der Waals surface area contributed by atoms with E-state index in [1.807, 2.05) is 63.9 Å². The SMILES string of the molecule is Cc1ncsc1-c1ccc(CNC(=O)[C@@H]2C[C@@H](O)CN2C(=O)[C@@H](NC(=O)CN(C)CCCCOCCCOc2ccc(N3C(=S)N(c4ccc(C#N)c(C(F)(F)F)c4)C(=O)C3(C)C)cc2)C(C)(C)C)cc1. The van der Waals surface area contributed by atoms with Crippen molar-refractivity contribution in [2.24, 2.45) is 5.41 Å². The second-order valence-electron chi connectivity index (χ2n) is 19.4. The molecule has 2 saturated heterocycles. The monoisotopic (exact) mass is 1020 g/mol. The Morgan fingerprint density at radius 1 is 1.01 bits per heavy atom. The van der Waals surface area contributed by atoms with Gasteiger partial charge in [0.15, 0.2) is 5.11 Å². The Kier molecular flexibility index (Phi) is 17.6. The summed E-state index contributed by atoms with van der Waals surface area (Å²) in [5.74, 6) is -1.09. The van der Waals surface area contributed by atoms with Crippen LogP contribution in [-0.2, 0) is 36.6 Å². The molecule has 2 aliphatic heterocycles. The summed E-state index contributed by atoms with van der Waals surface area (Å²) in [4.78, 5) is 65.6. The molecule has 3 atom stereocenters. The molecule has 0 aliphatic carbocycles. The fourth-order valence-electron chi connectivity index (χ4n) is 8.50. The van der Waals surface area contributed by atoms with Crippen LogP contribution in [0.5, 0.6) is 5.75 Å². The summed E-state index contributed by atoms with van der Waals surface area (Å²) >= 11 is 7.19. The van der Waals surface area contributed by atoms with Crippen LogP contribution in [0.15, 0.2) is 72.2 Å². The molecule has 4 aromatic rings. The lowest BCUT2D eigenvalue weighted by Crippen LogP contribution is -2.58. The number of benzene rings is 3. The van der Waals surface area contributed by atoms with Crippen LogP contribution in [0.4, 0.5) is 24.5 Å². The van der Waals surface area contributed by atoms with Crippen molar-refractivity contribution in [1.82, 2.24) is 25.4 Å². The van der Waals surface area contributed by atoms with E-state index in [0.29, 0.717) is 44.2 Å². The van der Waals surface area contributed by atoms with Gasteiger partial charge in [-0.05, 0) is 118 Å². The second kappa shape index (κ2) is 23.1. The Balaban J connectivity index is 0.882. The molecule has 0 spiro atoms. The minimum absolute atomic E-state index is 0.00478. The number of unbranched alkanes of at least 4 members (excludes halogenated alkanes) is 1. The Hall–Kier alpha value is -5.98. The zero-order valence-electron chi connectivity index (χ0n) is 41.0. The van der Waals surface area contributed by atoms with Gasteiger partial charge in [-0.15, -0.1) is 11.3 Å². The third-order valence-electron chi connectivity index (χ3n) is 12.4. The highest BCUT2D eigenvalue weighted by atomic mass is 32.1. The first-order chi connectivity index (χ1) is 33.5. The molecule has 0 radical (unpaired) electrons. The maximum atomic E-state index is 14.1. The van der Waals surface area contributed by atoms with Gasteiger partial charge in [-0.25, -0.2) is 4.98 Å². The molecular formula is C51H61F3N8O7S2. The molecule has 20 heteroatoms. The fourth-order valence-corrected chi connectivity index (χ4v) is 9.83. The highest BCUT2D eigenvalue weighted by Gasteiger charge is 2.51. The zero-order chi connectivity index (χ0) is 51.8. The van der Waals surface area contributed by atoms with Gasteiger partial charge in [0.1, 0.15) is 23.4 Å². The van der Waals surface area contributed by atoms with Crippen LogP contribution in [0, 0.1) is 23.7 Å². The molecule has 6 rings (SSSR count). The number of hydrogen-bond donors (Lipinski definition) is 3. The maximum Gasteiger partial charge on any atom is 0.417 e. The van der Waals surface area contributed by atoms with E-state index < -0.39 is 58.3 Å². The van der Waals surface area contributed by atoms with Gasteiger partial charge in [0.2, 0.25) is 17.7 Å². The van der Waals surface area contributed by atoms with Crippen molar-refractivity contribution < 1.29 is 46.9 Å². The molecule has 2 fully saturated rings. The molecular weight excluding hydrogens is 958 g/mol. The minimum Gasteiger partial charge on any atom is -0.494 e. The normalized spacial score (nSPS) is 17.4. The summed E-state index contributed by atoms with van der Waals surface area (Å²) in [6.07, 6.45) is -3.47. The molecule has 1 aromatic heterocycles. The van der Waals surface area contributed by atoms with Crippen LogP contribution < -0.4 is 25.2 Å². The molecule has 2 aliphatic rings. The summed E-state index contributed by atoms with van der Waals surface area (Å²) in [7, 11) is 1.82. The van der Waals surface area contributed by atoms with Gasteiger partial charge >= 0.3 is 6.18 Å². The molecule has 3 N–H and O–H groups in total. The summed E-state index contributed by atoms with van der Waals surface area (Å²) in [5.41, 5.74) is 1.52. The Labute approximate surface area is 421 Å². The molecule has 71 heavy (non-hydrogen) atoms. The van der Waals surface area contributed by atoms with Crippen LogP contribution in [-0.4, -0.2) is 119 Å². The molecule has 380 valence electrons. The molecule has 0 saturated carbocycles. The number of thiazole rings is 1. The van der Waals surface area contributed by atoms with Crippen molar-refractivity contribution in [3.63, 3.8) is 0 Å². The number of ether oxygens (including phenoxy) is 2. The highest BCUT2D eigenvalue weighted by Crippen LogP contribution is 2.40. The minimum atomic E-state index is -4.80. The van der Waals surface area contributed by atoms with E-state index in [2.05, 4.69) is 15.6 Å². The van der Waals surface area contributed by atoms with Crippen molar-refractivity contribution in [2.75, 3.05) is 56.3 Å². The van der Waals surface area contributed by atoms with Crippen LogP contribution >= 0.6 is 23.6 Å². The Bertz CT molecular complexity index is 2600. The Morgan fingerprint density at radius 2 is 1.69 bits per heavy atom. The number of carbonyl (C=O) groups excluding carboxylic acids is 4. The number of aliphatic hydroxyl groups is 1. The predicted octanol–water partition coefficient (Wildman–Crippen LogP) is 7.23. The van der Waals surface area contributed by atoms with Gasteiger partial charge in [0, 0.05) is 44.8 Å². The van der Waals surface area contributed by atoms with E-state index in [1.165, 1.54) is 11.0 Å². The lowest BCUT2D eigenvalue weighted by molar-refractivity contribution is -0.144. The van der Waals surface area contributed by atoms with Crippen molar-refractivity contribution in [1.29, 1.82) is 5.26 Å². The summed E-state index contributed by atoms with van der Waals surface area (Å²) in [6.45, 7) is 13.0. The average molecular weight is 1020 g/mol. The van der Waals surface area contributed by atoms with Gasteiger partial charge in [0.25, 0.3) is 5.91 Å². The maximum absolute atomic E-state index is 14.1. The van der Waals surface area contributed by atoms with Gasteiger partial charge in [-0.1, -0.05) is 45.0 Å². The number of aromatic nitrogens is 1. The number of alkyl halides is 3. The number of rotatable bonds is 20. The van der Waals surface area contributed by atoms with Gasteiger partial charge < -0.3 is 35.0 Å². The largest absolute Gasteiger partial charge is 0.494 e. The number of anilines is 2. The number of nitriles is 1. The first kappa shape index (κ1) is 54.4. The van der Waals surface area contributed by atoms with E-state index >= 15 is 0 Å². The zero-order valence-corrected chi connectivity index (χ0v) is 42.6. The number of nitrogens with zero attached hydrogens (tertiary/aromatic N) is 6. The number of nitrogens with one attached hydrogen (secondary N) is 2. The number of aliphatic hydroxyl groups excluding tert-OH is 1. The molecule has 0 unspecified atom stereocenters. The summed E-state index contributed by atoms with van der Waals surface area (Å²) < 4.78 is 52.8. The van der Waals surface area contributed by atoms with E-state index in [0.717, 1.165) is 51.6 Å². The number of halogens is 3. The highest BCUT2D eigenvalue weighted by molar-refractivity contribution is 7.81. The van der Waals surface area contributed by atoms with Crippen molar-refractivity contribution in [2.45, 2.75) is 104 Å². The number of amides is 4. The lowest BCUT2D eigenvalue weighted by atomic mass is 9.85. The Morgan fingerprint density at radius 3 is 2.32 bits per heavy atom. The molecule has 0 bridgehead atoms. The number of likely N-dealkylation sites (N-methyl/N-ethyl adjacent to an activating group) is 1. The van der Waals surface area contributed by atoms with E-state index in [4.69, 9.17) is 21.7 Å². The van der Waals surface area contributed by atoms with Crippen molar-refractivity contribution in [3.8, 4) is 22.3 Å². The molecule has 4 amide bonds. The van der Waals surface area contributed by atoms with E-state index in [9.17, 15) is 42.7 Å². The van der Waals surface area contributed by atoms with Crippen molar-refractivity contribution in [3.05, 3.63) is 94.6 Å². The van der Waals surface area contributed by atoms with Crippen LogP contribution in [0.2, 0.25) is 0 Å². The van der Waals surface area contributed by atoms with Gasteiger partial charge in [-0.2, -0.15) is 18.4 Å². The van der Waals surface area contributed by atoms with Crippen LogP contribution in [0.25, 0.3) is 10.4 Å². The number of carbonyl (C=O) groups is 4. The van der Waals surface area contributed by atoms with Crippen LogP contribution in [0.3, 0.4) is 0 Å². The smallest absolute Gasteiger partial charge is 0.417 e. The van der Waals surface area contributed by atoms with Gasteiger partial charge in [-0.3, -0.25) is 29.0 Å². The van der Waals surface area contributed by atoms with E-state index in [-0.39, 0.29) is 48.7 Å². The molecule has 3 heterocycles. The summed E-state index contributed by atoms with van der Waals surface area (Å²) in [5, 5.41) is 25.6. The topological polar surface area (TPSA) is 181 Å². The lowest BCUT2D eigenvalue weighted by Gasteiger charge is -2.35. The standard InChI is InChI=1S/C51H61F3N8O7S2/c1-32-43(71-31-57-32)34-13-11-33(12-14-34)28-56-45(65)41-26-38(63)29-60(41)46(66)44(49(2,3)4)58-42(64)30-59(7)21-8-9-22-68-23-10-24-69-39-19-17-36(18-20-39)62-48(70)61(47(67)50(62,5)6)37-16-15-35(27-55)40(25-37)51(52,53)54/h11-20,25,31,38,41,44,63H,8-10,21-24,26,28-30H2,1-7H3,(H,56,65)(H,58,64)/t38-,41+,44-/m1/s1. The number of likely N-dealkylation sites (tertiary alicyclic amines) is 1. The average Bonchev–Trinajstić information content (AvgIpc) is 3.98. The van der Waals surface area contributed by atoms with Crippen LogP contribution in [0.1, 0.15) is 82.7 Å². The first-order valence-corrected chi connectivity index (χ1v) is 24.6. The third-order valence-corrected chi connectivity index (χ3v) is 13.7. The fraction of sp³-hybridized carbons (Fsp3) is 0.471. The number of aryl methyl sites for hydroxylation is 1.